The van der Waals surface area contributed by atoms with Crippen LogP contribution in [0, 0.1) is 6.92 Å². The molecule has 6 heteroatoms. The Labute approximate surface area is 114 Å². The Hall–Kier alpha value is -2.08. The molecular weight excluding hydrogens is 264 g/mol. The highest BCUT2D eigenvalue weighted by molar-refractivity contribution is 7.99. The van der Waals surface area contributed by atoms with Gasteiger partial charge in [0, 0.05) is 17.2 Å². The first kappa shape index (κ1) is 13.4. The molecule has 2 aromatic rings. The molecule has 0 spiro atoms. The molecule has 2 rings (SSSR count). The Morgan fingerprint density at radius 3 is 2.84 bits per heavy atom. The van der Waals surface area contributed by atoms with E-state index in [0.29, 0.717) is 11.0 Å². The van der Waals surface area contributed by atoms with Crippen molar-refractivity contribution in [2.24, 2.45) is 0 Å². The summed E-state index contributed by atoms with van der Waals surface area (Å²) in [7, 11) is 1.53. The predicted molar refractivity (Wildman–Crippen MR) is 70.8 cm³/mol. The number of carboxylic acid groups (broad SMARTS) is 1. The molecule has 98 valence electrons. The molecule has 0 fully saturated rings. The number of aryl methyl sites for hydroxylation is 1. The second-order valence-corrected chi connectivity index (χ2v) is 4.81. The number of aromatic nitrogens is 2. The zero-order valence-corrected chi connectivity index (χ0v) is 11.3. The van der Waals surface area contributed by atoms with E-state index in [1.54, 1.807) is 31.3 Å². The van der Waals surface area contributed by atoms with Crippen molar-refractivity contribution in [1.82, 2.24) is 9.97 Å². The molecule has 5 nitrogen and oxygen atoms in total. The van der Waals surface area contributed by atoms with Gasteiger partial charge in [0.05, 0.1) is 12.7 Å². The van der Waals surface area contributed by atoms with Crippen LogP contribution in [-0.4, -0.2) is 28.2 Å². The highest BCUT2D eigenvalue weighted by atomic mass is 32.2. The average molecular weight is 276 g/mol. The molecule has 1 aromatic heterocycles. The molecule has 0 aliphatic carbocycles. The van der Waals surface area contributed by atoms with Crippen LogP contribution in [0.3, 0.4) is 0 Å². The van der Waals surface area contributed by atoms with Gasteiger partial charge in [0.1, 0.15) is 0 Å². The molecule has 0 amide bonds. The van der Waals surface area contributed by atoms with Crippen LogP contribution in [0.5, 0.6) is 5.88 Å². The van der Waals surface area contributed by atoms with Gasteiger partial charge in [-0.25, -0.2) is 9.78 Å². The van der Waals surface area contributed by atoms with E-state index < -0.39 is 5.97 Å². The first-order valence-corrected chi connectivity index (χ1v) is 6.30. The van der Waals surface area contributed by atoms with Crippen molar-refractivity contribution in [3.63, 3.8) is 0 Å². The first-order valence-electron chi connectivity index (χ1n) is 5.49. The van der Waals surface area contributed by atoms with E-state index in [2.05, 4.69) is 9.97 Å². The van der Waals surface area contributed by atoms with Crippen LogP contribution in [0.4, 0.5) is 0 Å². The van der Waals surface area contributed by atoms with Crippen molar-refractivity contribution in [2.45, 2.75) is 17.0 Å². The second kappa shape index (κ2) is 5.71. The maximum atomic E-state index is 11.1. The zero-order valence-electron chi connectivity index (χ0n) is 10.5. The second-order valence-electron chi connectivity index (χ2n) is 3.77. The summed E-state index contributed by atoms with van der Waals surface area (Å²) in [6.07, 6.45) is 1.60. The van der Waals surface area contributed by atoms with Crippen LogP contribution in [0.2, 0.25) is 0 Å². The monoisotopic (exact) mass is 276 g/mol. The number of carbonyl (C=O) groups is 1. The first-order chi connectivity index (χ1) is 9.10. The Morgan fingerprint density at radius 1 is 1.37 bits per heavy atom. The lowest BCUT2D eigenvalue weighted by Crippen LogP contribution is -1.99. The fourth-order valence-electron chi connectivity index (χ4n) is 1.49. The van der Waals surface area contributed by atoms with E-state index in [9.17, 15) is 4.79 Å². The van der Waals surface area contributed by atoms with Gasteiger partial charge in [-0.05, 0) is 36.4 Å². The van der Waals surface area contributed by atoms with Crippen LogP contribution >= 0.6 is 11.8 Å². The number of aromatic carboxylic acids is 1. The molecule has 1 heterocycles. The van der Waals surface area contributed by atoms with Gasteiger partial charge in [-0.3, -0.25) is 0 Å². The maximum Gasteiger partial charge on any atom is 0.335 e. The molecular formula is C13H12N2O3S. The minimum atomic E-state index is -0.938. The lowest BCUT2D eigenvalue weighted by atomic mass is 10.1. The van der Waals surface area contributed by atoms with Gasteiger partial charge in [0.2, 0.25) is 5.88 Å². The van der Waals surface area contributed by atoms with Gasteiger partial charge in [-0.15, -0.1) is 0 Å². The number of benzene rings is 1. The fraction of sp³-hybridized carbons (Fsp3) is 0.154. The summed E-state index contributed by atoms with van der Waals surface area (Å²) in [5, 5.41) is 9.59. The molecule has 0 atom stereocenters. The molecule has 0 aliphatic rings. The van der Waals surface area contributed by atoms with Gasteiger partial charge in [0.25, 0.3) is 0 Å². The van der Waals surface area contributed by atoms with Gasteiger partial charge < -0.3 is 9.84 Å². The third-order valence-corrected chi connectivity index (χ3v) is 3.33. The number of methoxy groups -OCH3 is 1. The summed E-state index contributed by atoms with van der Waals surface area (Å²) in [6, 6.07) is 6.88. The topological polar surface area (TPSA) is 72.3 Å². The Bertz CT molecular complexity index is 617. The van der Waals surface area contributed by atoms with Gasteiger partial charge in [-0.2, -0.15) is 4.98 Å². The van der Waals surface area contributed by atoms with E-state index >= 15 is 0 Å². The van der Waals surface area contributed by atoms with Crippen LogP contribution in [0.1, 0.15) is 15.9 Å². The highest BCUT2D eigenvalue weighted by Gasteiger charge is 2.09. The van der Waals surface area contributed by atoms with Crippen LogP contribution < -0.4 is 4.74 Å². The largest absolute Gasteiger partial charge is 0.481 e. The highest BCUT2D eigenvalue weighted by Crippen LogP contribution is 2.27. The zero-order chi connectivity index (χ0) is 13.8. The summed E-state index contributed by atoms with van der Waals surface area (Å²) < 4.78 is 5.02. The van der Waals surface area contributed by atoms with Crippen molar-refractivity contribution in [3.8, 4) is 5.88 Å². The smallest absolute Gasteiger partial charge is 0.335 e. The molecule has 19 heavy (non-hydrogen) atoms. The van der Waals surface area contributed by atoms with Crippen LogP contribution in [0.15, 0.2) is 40.5 Å². The molecule has 0 unspecified atom stereocenters. The van der Waals surface area contributed by atoms with Gasteiger partial charge in [-0.1, -0.05) is 6.07 Å². The third kappa shape index (κ3) is 3.23. The lowest BCUT2D eigenvalue weighted by Gasteiger charge is -2.05. The number of ether oxygens (including phenoxy) is 1. The predicted octanol–water partition coefficient (Wildman–Crippen LogP) is 2.64. The van der Waals surface area contributed by atoms with E-state index in [-0.39, 0.29) is 5.56 Å². The van der Waals surface area contributed by atoms with Crippen molar-refractivity contribution in [2.75, 3.05) is 7.11 Å². The summed E-state index contributed by atoms with van der Waals surface area (Å²) in [5.41, 5.74) is 1.01. The Morgan fingerprint density at radius 2 is 2.16 bits per heavy atom. The van der Waals surface area contributed by atoms with Crippen molar-refractivity contribution >= 4 is 17.7 Å². The molecule has 0 radical (unpaired) electrons. The molecule has 0 saturated carbocycles. The molecule has 0 aliphatic heterocycles. The molecule has 1 N–H and O–H groups in total. The summed E-state index contributed by atoms with van der Waals surface area (Å²) in [6.45, 7) is 1.76. The summed E-state index contributed by atoms with van der Waals surface area (Å²) in [4.78, 5) is 20.1. The Balaban J connectivity index is 2.28. The number of rotatable bonds is 4. The number of hydrogen-bond acceptors (Lipinski definition) is 5. The van der Waals surface area contributed by atoms with Gasteiger partial charge >= 0.3 is 5.97 Å². The van der Waals surface area contributed by atoms with E-state index in [4.69, 9.17) is 9.84 Å². The number of nitrogens with zero attached hydrogens (tertiary/aromatic N) is 2. The maximum absolute atomic E-state index is 11.1. The minimum absolute atomic E-state index is 0.285. The van der Waals surface area contributed by atoms with E-state index in [1.165, 1.54) is 18.9 Å². The van der Waals surface area contributed by atoms with Crippen molar-refractivity contribution < 1.29 is 14.6 Å². The summed E-state index contributed by atoms with van der Waals surface area (Å²) in [5.74, 6) is -0.463. The standard InChI is InChI=1S/C13H12N2O3S/c1-8-3-4-9(7-10(8)12(16)17)19-13-14-6-5-11(15-13)18-2/h3-7H,1-2H3,(H,16,17). The average Bonchev–Trinajstić information content (AvgIpc) is 2.41. The normalized spacial score (nSPS) is 10.2. The van der Waals surface area contributed by atoms with E-state index in [1.807, 2.05) is 6.07 Å². The van der Waals surface area contributed by atoms with Gasteiger partial charge in [0.15, 0.2) is 5.16 Å². The quantitative estimate of drug-likeness (QED) is 0.865. The minimum Gasteiger partial charge on any atom is -0.481 e. The number of hydrogen-bond donors (Lipinski definition) is 1. The summed E-state index contributed by atoms with van der Waals surface area (Å²) >= 11 is 1.29. The fourth-order valence-corrected chi connectivity index (χ4v) is 2.26. The SMILES string of the molecule is COc1ccnc(Sc2ccc(C)c(C(=O)O)c2)n1. The molecule has 0 bridgehead atoms. The lowest BCUT2D eigenvalue weighted by molar-refractivity contribution is 0.0696. The van der Waals surface area contributed by atoms with Crippen molar-refractivity contribution in [1.29, 1.82) is 0 Å². The Kier molecular flexibility index (Phi) is 4.01. The van der Waals surface area contributed by atoms with Crippen LogP contribution in [0.25, 0.3) is 0 Å². The molecule has 1 aromatic carbocycles. The third-order valence-electron chi connectivity index (χ3n) is 2.47. The van der Waals surface area contributed by atoms with E-state index in [0.717, 1.165) is 10.5 Å². The van der Waals surface area contributed by atoms with Crippen molar-refractivity contribution in [3.05, 3.63) is 41.6 Å². The van der Waals surface area contributed by atoms with Crippen LogP contribution in [-0.2, 0) is 0 Å². The number of carboxylic acids is 1. The molecule has 0 saturated heterocycles.